The number of carboxylic acids is 1. The number of carboxylic acid groups (broad SMARTS) is 1. The van der Waals surface area contributed by atoms with E-state index < -0.39 is 5.97 Å². The van der Waals surface area contributed by atoms with Crippen molar-refractivity contribution in [2.75, 3.05) is 33.1 Å². The minimum atomic E-state index is -1.19. The molecule has 1 aromatic carbocycles. The topological polar surface area (TPSA) is 48.1 Å². The van der Waals surface area contributed by atoms with Crippen LogP contribution in [0, 0.1) is 6.57 Å². The lowest BCUT2D eigenvalue weighted by Gasteiger charge is -2.17. The number of likely N-dealkylation sites (N-methyl/N-ethyl adjacent to an activating group) is 1. The Kier molecular flexibility index (Phi) is 6.62. The maximum absolute atomic E-state index is 11.1. The second-order valence-electron chi connectivity index (χ2n) is 6.75. The summed E-state index contributed by atoms with van der Waals surface area (Å²) in [5.41, 5.74) is 5.05. The molecule has 27 heavy (non-hydrogen) atoms. The number of anilines is 1. The molecule has 0 heterocycles. The maximum atomic E-state index is 11.1. The summed E-state index contributed by atoms with van der Waals surface area (Å²) in [5.74, 6) is -1.19. The molecular weight excluding hydrogens is 338 g/mol. The fourth-order valence-electron chi connectivity index (χ4n) is 3.06. The lowest BCUT2D eigenvalue weighted by atomic mass is 10.1. The number of carbonyl (C=O) groups is 1. The van der Waals surface area contributed by atoms with Gasteiger partial charge in [0.15, 0.2) is 0 Å². The van der Waals surface area contributed by atoms with Gasteiger partial charge in [0.05, 0.1) is 6.57 Å². The van der Waals surface area contributed by atoms with Crippen LogP contribution in [0.5, 0.6) is 0 Å². The molecular formula is C22H25N3O2. The Morgan fingerprint density at radius 1 is 1.11 bits per heavy atom. The van der Waals surface area contributed by atoms with Crippen LogP contribution >= 0.6 is 0 Å². The summed E-state index contributed by atoms with van der Waals surface area (Å²) in [6, 6.07) is 8.30. The summed E-state index contributed by atoms with van der Waals surface area (Å²) in [5, 5.41) is 9.10. The first-order chi connectivity index (χ1) is 12.8. The zero-order valence-corrected chi connectivity index (χ0v) is 16.2. The Morgan fingerprint density at radius 3 is 2.30 bits per heavy atom. The molecule has 0 atom stereocenters. The molecule has 1 aromatic rings. The van der Waals surface area contributed by atoms with Crippen LogP contribution in [-0.2, 0) is 4.79 Å². The molecule has 1 aliphatic carbocycles. The van der Waals surface area contributed by atoms with Gasteiger partial charge in [-0.1, -0.05) is 30.4 Å². The number of rotatable bonds is 6. The highest BCUT2D eigenvalue weighted by molar-refractivity contribution is 5.89. The minimum absolute atomic E-state index is 0.248. The Balaban J connectivity index is 2.26. The second-order valence-corrected chi connectivity index (χ2v) is 6.75. The van der Waals surface area contributed by atoms with Crippen molar-refractivity contribution in [1.29, 1.82) is 0 Å². The lowest BCUT2D eigenvalue weighted by molar-refractivity contribution is -0.132. The van der Waals surface area contributed by atoms with Crippen LogP contribution in [0.1, 0.15) is 18.4 Å². The molecule has 0 bridgehead atoms. The van der Waals surface area contributed by atoms with Crippen LogP contribution in [0.15, 0.2) is 65.0 Å². The van der Waals surface area contributed by atoms with E-state index >= 15 is 0 Å². The molecule has 0 unspecified atom stereocenters. The summed E-state index contributed by atoms with van der Waals surface area (Å²) in [7, 11) is 7.90. The average molecular weight is 363 g/mol. The van der Waals surface area contributed by atoms with Gasteiger partial charge in [-0.15, -0.1) is 0 Å². The first kappa shape index (κ1) is 20.1. The van der Waals surface area contributed by atoms with Gasteiger partial charge in [0.2, 0.25) is 0 Å². The van der Waals surface area contributed by atoms with E-state index in [9.17, 15) is 4.79 Å². The Bertz CT molecular complexity index is 864. The van der Waals surface area contributed by atoms with Crippen molar-refractivity contribution in [2.24, 2.45) is 0 Å². The van der Waals surface area contributed by atoms with Crippen molar-refractivity contribution < 1.29 is 9.90 Å². The SMILES string of the molecule is [C-]#[N+]/C(=C\C1=C(N(C)C)C(=C/C=C/c2ccc(N(C)C)cc2)CC1)C(=O)O. The third-order valence-electron chi connectivity index (χ3n) is 4.37. The Morgan fingerprint density at radius 2 is 1.78 bits per heavy atom. The number of allylic oxidation sites excluding steroid dienone is 5. The van der Waals surface area contributed by atoms with Gasteiger partial charge in [0, 0.05) is 39.6 Å². The smallest absolute Gasteiger partial charge is 0.333 e. The molecule has 0 aliphatic heterocycles. The maximum Gasteiger partial charge on any atom is 0.333 e. The summed E-state index contributed by atoms with van der Waals surface area (Å²) in [6.07, 6.45) is 9.19. The second kappa shape index (κ2) is 8.91. The van der Waals surface area contributed by atoms with Crippen LogP contribution in [0.25, 0.3) is 10.9 Å². The van der Waals surface area contributed by atoms with Crippen LogP contribution in [0.2, 0.25) is 0 Å². The zero-order chi connectivity index (χ0) is 20.0. The van der Waals surface area contributed by atoms with Gasteiger partial charge in [0.1, 0.15) is 0 Å². The summed E-state index contributed by atoms with van der Waals surface area (Å²) in [4.78, 5) is 18.3. The van der Waals surface area contributed by atoms with Gasteiger partial charge in [-0.3, -0.25) is 4.79 Å². The molecule has 5 nitrogen and oxygen atoms in total. The van der Waals surface area contributed by atoms with Gasteiger partial charge in [-0.2, -0.15) is 0 Å². The van der Waals surface area contributed by atoms with Gasteiger partial charge >= 0.3 is 5.97 Å². The van der Waals surface area contributed by atoms with E-state index in [4.69, 9.17) is 11.7 Å². The quantitative estimate of drug-likeness (QED) is 0.608. The molecule has 0 aromatic heterocycles. The van der Waals surface area contributed by atoms with Crippen molar-refractivity contribution >= 4 is 17.7 Å². The van der Waals surface area contributed by atoms with Crippen molar-refractivity contribution in [3.05, 3.63) is 82.0 Å². The van der Waals surface area contributed by atoms with Gasteiger partial charge in [-0.05, 0) is 47.8 Å². The predicted octanol–water partition coefficient (Wildman–Crippen LogP) is 4.19. The summed E-state index contributed by atoms with van der Waals surface area (Å²) >= 11 is 0. The number of aliphatic carboxylic acids is 1. The number of hydrogen-bond donors (Lipinski definition) is 1. The van der Waals surface area contributed by atoms with Gasteiger partial charge < -0.3 is 14.9 Å². The van der Waals surface area contributed by atoms with Crippen LogP contribution < -0.4 is 4.90 Å². The lowest BCUT2D eigenvalue weighted by Crippen LogP contribution is -2.12. The van der Waals surface area contributed by atoms with E-state index in [1.807, 2.05) is 39.2 Å². The standard InChI is InChI=1S/C22H25N3O2/c1-23-20(22(26)27)15-18-12-11-17(21(18)25(4)5)8-6-7-16-9-13-19(14-10-16)24(2)3/h6-10,13-15H,11-12H2,2-5H3,(H,26,27)/b7-6+,17-8?,20-15-. The average Bonchev–Trinajstić information content (AvgIpc) is 3.02. The Hall–Kier alpha value is -3.26. The number of nitrogens with zero attached hydrogens (tertiary/aromatic N) is 3. The molecule has 0 saturated heterocycles. The van der Waals surface area contributed by atoms with Crippen molar-refractivity contribution in [1.82, 2.24) is 4.90 Å². The van der Waals surface area contributed by atoms with E-state index in [-0.39, 0.29) is 5.70 Å². The highest BCUT2D eigenvalue weighted by Crippen LogP contribution is 2.34. The molecule has 0 spiro atoms. The molecule has 0 radical (unpaired) electrons. The first-order valence-corrected chi connectivity index (χ1v) is 8.71. The fourth-order valence-corrected chi connectivity index (χ4v) is 3.06. The molecule has 0 saturated carbocycles. The van der Waals surface area contributed by atoms with E-state index in [0.29, 0.717) is 0 Å². The highest BCUT2D eigenvalue weighted by atomic mass is 16.4. The van der Waals surface area contributed by atoms with Crippen molar-refractivity contribution in [2.45, 2.75) is 12.8 Å². The first-order valence-electron chi connectivity index (χ1n) is 8.71. The summed E-state index contributed by atoms with van der Waals surface area (Å²) < 4.78 is 0. The highest BCUT2D eigenvalue weighted by Gasteiger charge is 2.21. The largest absolute Gasteiger partial charge is 0.486 e. The van der Waals surface area contributed by atoms with Gasteiger partial charge in [-0.25, -0.2) is 4.85 Å². The third-order valence-corrected chi connectivity index (χ3v) is 4.37. The number of benzene rings is 1. The van der Waals surface area contributed by atoms with Crippen molar-refractivity contribution in [3.63, 3.8) is 0 Å². The molecule has 0 fully saturated rings. The Labute approximate surface area is 161 Å². The zero-order valence-electron chi connectivity index (χ0n) is 16.2. The van der Waals surface area contributed by atoms with Crippen LogP contribution in [0.3, 0.4) is 0 Å². The molecule has 1 N–H and O–H groups in total. The fraction of sp³-hybridized carbons (Fsp3) is 0.273. The third kappa shape index (κ3) is 5.11. The van der Waals surface area contributed by atoms with E-state index in [1.54, 1.807) is 0 Å². The normalized spacial score (nSPS) is 16.1. The molecule has 1 aliphatic rings. The summed E-state index contributed by atoms with van der Waals surface area (Å²) in [6.45, 7) is 7.04. The van der Waals surface area contributed by atoms with E-state index in [0.717, 1.165) is 40.9 Å². The molecule has 2 rings (SSSR count). The molecule has 140 valence electrons. The van der Waals surface area contributed by atoms with Gasteiger partial charge in [0.25, 0.3) is 5.70 Å². The molecule has 5 heteroatoms. The van der Waals surface area contributed by atoms with Crippen LogP contribution in [0.4, 0.5) is 5.69 Å². The van der Waals surface area contributed by atoms with E-state index in [1.165, 1.54) is 6.08 Å². The number of hydrogen-bond acceptors (Lipinski definition) is 3. The van der Waals surface area contributed by atoms with E-state index in [2.05, 4.69) is 46.2 Å². The van der Waals surface area contributed by atoms with Crippen molar-refractivity contribution in [3.8, 4) is 0 Å². The minimum Gasteiger partial charge on any atom is -0.486 e. The van der Waals surface area contributed by atoms with Crippen LogP contribution in [-0.4, -0.2) is 44.2 Å². The monoisotopic (exact) mass is 363 g/mol. The predicted molar refractivity (Wildman–Crippen MR) is 110 cm³/mol. The molecule has 0 amide bonds.